The Balaban J connectivity index is 2.66. The highest BCUT2D eigenvalue weighted by Gasteiger charge is 2.17. The summed E-state index contributed by atoms with van der Waals surface area (Å²) in [4.78, 5) is 12.9. The van der Waals surface area contributed by atoms with Crippen molar-refractivity contribution in [2.24, 2.45) is 5.73 Å². The number of sulfone groups is 1. The van der Waals surface area contributed by atoms with Gasteiger partial charge in [-0.1, -0.05) is 19.1 Å². The Morgan fingerprint density at radius 3 is 2.65 bits per heavy atom. The SMILES string of the molecule is CCSc1ccccc1NC(=O)C(N)CCS(C)(=O)=O. The maximum Gasteiger partial charge on any atom is 0.241 e. The molecule has 7 heteroatoms. The highest BCUT2D eigenvalue weighted by molar-refractivity contribution is 7.99. The van der Waals surface area contributed by atoms with E-state index in [0.717, 1.165) is 16.9 Å². The lowest BCUT2D eigenvalue weighted by Crippen LogP contribution is -2.37. The van der Waals surface area contributed by atoms with Crippen LogP contribution in [0.4, 0.5) is 5.69 Å². The molecular formula is C13H20N2O3S2. The zero-order valence-electron chi connectivity index (χ0n) is 11.6. The first-order valence-electron chi connectivity index (χ1n) is 6.29. The maximum atomic E-state index is 11.9. The fraction of sp³-hybridized carbons (Fsp3) is 0.462. The highest BCUT2D eigenvalue weighted by Crippen LogP contribution is 2.26. The van der Waals surface area contributed by atoms with Crippen LogP contribution in [0, 0.1) is 0 Å². The van der Waals surface area contributed by atoms with Crippen molar-refractivity contribution in [1.82, 2.24) is 0 Å². The summed E-state index contributed by atoms with van der Waals surface area (Å²) in [5, 5.41) is 2.75. The fourth-order valence-electron chi connectivity index (χ4n) is 1.55. The lowest BCUT2D eigenvalue weighted by Gasteiger charge is -2.14. The smallest absolute Gasteiger partial charge is 0.241 e. The molecule has 1 unspecified atom stereocenters. The van der Waals surface area contributed by atoms with Crippen LogP contribution in [0.2, 0.25) is 0 Å². The molecule has 0 saturated heterocycles. The molecule has 0 radical (unpaired) electrons. The quantitative estimate of drug-likeness (QED) is 0.744. The summed E-state index contributed by atoms with van der Waals surface area (Å²) in [5.41, 5.74) is 6.42. The first kappa shape index (κ1) is 17.0. The molecule has 0 aliphatic rings. The molecule has 1 aromatic rings. The molecule has 1 atom stereocenters. The summed E-state index contributed by atoms with van der Waals surface area (Å²) in [7, 11) is -3.11. The molecule has 20 heavy (non-hydrogen) atoms. The summed E-state index contributed by atoms with van der Waals surface area (Å²) >= 11 is 1.62. The van der Waals surface area contributed by atoms with Gasteiger partial charge in [-0.05, 0) is 24.3 Å². The zero-order chi connectivity index (χ0) is 15.2. The summed E-state index contributed by atoms with van der Waals surface area (Å²) in [6, 6.07) is 6.63. The Bertz CT molecular complexity index is 558. The molecule has 1 amide bonds. The van der Waals surface area contributed by atoms with Gasteiger partial charge in [0.15, 0.2) is 0 Å². The van der Waals surface area contributed by atoms with Crippen molar-refractivity contribution in [3.8, 4) is 0 Å². The molecule has 112 valence electrons. The minimum atomic E-state index is -3.11. The molecule has 0 bridgehead atoms. The molecule has 0 fully saturated rings. The number of anilines is 1. The van der Waals surface area contributed by atoms with E-state index < -0.39 is 15.9 Å². The van der Waals surface area contributed by atoms with Gasteiger partial charge in [-0.3, -0.25) is 4.79 Å². The molecule has 0 spiro atoms. The molecule has 0 saturated carbocycles. The fourth-order valence-corrected chi connectivity index (χ4v) is 2.99. The van der Waals surface area contributed by atoms with E-state index in [4.69, 9.17) is 5.73 Å². The topological polar surface area (TPSA) is 89.3 Å². The van der Waals surface area contributed by atoms with Gasteiger partial charge < -0.3 is 11.1 Å². The Morgan fingerprint density at radius 2 is 2.05 bits per heavy atom. The minimum absolute atomic E-state index is 0.0903. The van der Waals surface area contributed by atoms with Gasteiger partial charge in [-0.15, -0.1) is 11.8 Å². The van der Waals surface area contributed by atoms with Crippen molar-refractivity contribution >= 4 is 33.2 Å². The maximum absolute atomic E-state index is 11.9. The van der Waals surface area contributed by atoms with E-state index in [-0.39, 0.29) is 18.1 Å². The number of hydrogen-bond donors (Lipinski definition) is 2. The second-order valence-electron chi connectivity index (χ2n) is 4.44. The van der Waals surface area contributed by atoms with Crippen LogP contribution in [-0.2, 0) is 14.6 Å². The number of benzene rings is 1. The molecule has 5 nitrogen and oxygen atoms in total. The van der Waals surface area contributed by atoms with E-state index in [9.17, 15) is 13.2 Å². The van der Waals surface area contributed by atoms with E-state index in [2.05, 4.69) is 5.32 Å². The number of hydrogen-bond acceptors (Lipinski definition) is 5. The Hall–Kier alpha value is -1.05. The third-order valence-electron chi connectivity index (χ3n) is 2.58. The predicted molar refractivity (Wildman–Crippen MR) is 83.8 cm³/mol. The number of carbonyl (C=O) groups excluding carboxylic acids is 1. The number of para-hydroxylation sites is 1. The van der Waals surface area contributed by atoms with Crippen LogP contribution in [-0.4, -0.2) is 38.1 Å². The predicted octanol–water partition coefficient (Wildman–Crippen LogP) is 1.50. The Morgan fingerprint density at radius 1 is 1.40 bits per heavy atom. The zero-order valence-corrected chi connectivity index (χ0v) is 13.3. The second-order valence-corrected chi connectivity index (χ2v) is 8.01. The summed E-state index contributed by atoms with van der Waals surface area (Å²) < 4.78 is 22.1. The van der Waals surface area contributed by atoms with Crippen LogP contribution >= 0.6 is 11.8 Å². The monoisotopic (exact) mass is 316 g/mol. The van der Waals surface area contributed by atoms with Gasteiger partial charge in [-0.2, -0.15) is 0 Å². The highest BCUT2D eigenvalue weighted by atomic mass is 32.2. The van der Waals surface area contributed by atoms with Crippen LogP contribution in [0.5, 0.6) is 0 Å². The summed E-state index contributed by atoms with van der Waals surface area (Å²) in [6.45, 7) is 2.03. The molecule has 0 aliphatic carbocycles. The number of carbonyl (C=O) groups is 1. The molecule has 0 aromatic heterocycles. The minimum Gasteiger partial charge on any atom is -0.324 e. The van der Waals surface area contributed by atoms with E-state index in [1.807, 2.05) is 25.1 Å². The number of rotatable bonds is 7. The Kier molecular flexibility index (Phi) is 6.51. The third-order valence-corrected chi connectivity index (χ3v) is 4.51. The number of thioether (sulfide) groups is 1. The van der Waals surface area contributed by atoms with Crippen molar-refractivity contribution in [3.05, 3.63) is 24.3 Å². The van der Waals surface area contributed by atoms with Gasteiger partial charge in [0.2, 0.25) is 5.91 Å². The van der Waals surface area contributed by atoms with Gasteiger partial charge in [0.25, 0.3) is 0 Å². The second kappa shape index (κ2) is 7.66. The number of amides is 1. The van der Waals surface area contributed by atoms with Crippen LogP contribution in [0.1, 0.15) is 13.3 Å². The van der Waals surface area contributed by atoms with Gasteiger partial charge >= 0.3 is 0 Å². The van der Waals surface area contributed by atoms with E-state index in [1.165, 1.54) is 0 Å². The van der Waals surface area contributed by atoms with Crippen LogP contribution in [0.15, 0.2) is 29.2 Å². The molecule has 1 aromatic carbocycles. The summed E-state index contributed by atoms with van der Waals surface area (Å²) in [5.74, 6) is 0.442. The van der Waals surface area contributed by atoms with Crippen molar-refractivity contribution in [1.29, 1.82) is 0 Å². The van der Waals surface area contributed by atoms with E-state index in [0.29, 0.717) is 5.69 Å². The molecule has 3 N–H and O–H groups in total. The van der Waals surface area contributed by atoms with E-state index >= 15 is 0 Å². The molecule has 0 heterocycles. The van der Waals surface area contributed by atoms with Gasteiger partial charge in [0.1, 0.15) is 9.84 Å². The lowest BCUT2D eigenvalue weighted by atomic mass is 10.2. The largest absolute Gasteiger partial charge is 0.324 e. The molecule has 1 rings (SSSR count). The van der Waals surface area contributed by atoms with Crippen molar-refractivity contribution in [2.75, 3.05) is 23.1 Å². The molecular weight excluding hydrogens is 296 g/mol. The van der Waals surface area contributed by atoms with Crippen molar-refractivity contribution in [3.63, 3.8) is 0 Å². The third kappa shape index (κ3) is 5.94. The van der Waals surface area contributed by atoms with Crippen LogP contribution < -0.4 is 11.1 Å². The Labute approximate surface area is 124 Å². The average Bonchev–Trinajstić information content (AvgIpc) is 2.37. The lowest BCUT2D eigenvalue weighted by molar-refractivity contribution is -0.117. The average molecular weight is 316 g/mol. The molecule has 0 aliphatic heterocycles. The van der Waals surface area contributed by atoms with Crippen LogP contribution in [0.3, 0.4) is 0 Å². The van der Waals surface area contributed by atoms with Crippen molar-refractivity contribution in [2.45, 2.75) is 24.3 Å². The number of nitrogens with one attached hydrogen (secondary N) is 1. The van der Waals surface area contributed by atoms with Gasteiger partial charge in [0, 0.05) is 11.2 Å². The standard InChI is InChI=1S/C13H20N2O3S2/c1-3-19-12-7-5-4-6-11(12)15-13(16)10(14)8-9-20(2,17)18/h4-7,10H,3,8-9,14H2,1-2H3,(H,15,16). The number of nitrogens with two attached hydrogens (primary N) is 1. The van der Waals surface area contributed by atoms with Crippen LogP contribution in [0.25, 0.3) is 0 Å². The summed E-state index contributed by atoms with van der Waals surface area (Å²) in [6.07, 6.45) is 1.25. The first-order valence-corrected chi connectivity index (χ1v) is 9.34. The van der Waals surface area contributed by atoms with Crippen molar-refractivity contribution < 1.29 is 13.2 Å². The normalized spacial score (nSPS) is 12.9. The van der Waals surface area contributed by atoms with Gasteiger partial charge in [0.05, 0.1) is 17.5 Å². The van der Waals surface area contributed by atoms with E-state index in [1.54, 1.807) is 17.8 Å². The van der Waals surface area contributed by atoms with Gasteiger partial charge in [-0.25, -0.2) is 8.42 Å². The first-order chi connectivity index (χ1) is 9.33.